The Kier molecular flexibility index (Phi) is 5.48. The lowest BCUT2D eigenvalue weighted by Crippen LogP contribution is -2.39. The van der Waals surface area contributed by atoms with Crippen molar-refractivity contribution in [2.24, 2.45) is 0 Å². The molecule has 0 bridgehead atoms. The number of hydrogen-bond donors (Lipinski definition) is 2. The lowest BCUT2D eigenvalue weighted by atomic mass is 10.1. The van der Waals surface area contributed by atoms with E-state index in [1.807, 2.05) is 30.3 Å². The van der Waals surface area contributed by atoms with E-state index < -0.39 is 6.10 Å². The average molecular weight is 453 g/mol. The molecule has 0 saturated carbocycles. The molecule has 0 saturated heterocycles. The molecule has 1 heterocycles. The van der Waals surface area contributed by atoms with Gasteiger partial charge in [-0.05, 0) is 60.7 Å². The Morgan fingerprint density at radius 2 is 1.66 bits per heavy atom. The van der Waals surface area contributed by atoms with Crippen LogP contribution in [0.3, 0.4) is 0 Å². The molecule has 7 heteroatoms. The molecule has 0 aliphatic carbocycles. The predicted octanol–water partition coefficient (Wildman–Crippen LogP) is 4.97. The zero-order valence-corrected chi connectivity index (χ0v) is 16.8. The number of carbonyl (C=O) groups excluding carboxylic acids is 2. The number of ether oxygens (including phenoxy) is 2. The van der Waals surface area contributed by atoms with Gasteiger partial charge in [0.05, 0.1) is 12.1 Å². The molecule has 2 amide bonds. The number of fused-ring (bicyclic) bond motifs is 1. The number of anilines is 2. The van der Waals surface area contributed by atoms with Crippen molar-refractivity contribution in [2.45, 2.75) is 12.5 Å². The molecule has 0 fully saturated rings. The third kappa shape index (κ3) is 4.75. The van der Waals surface area contributed by atoms with Gasteiger partial charge in [-0.3, -0.25) is 9.59 Å². The topological polar surface area (TPSA) is 76.7 Å². The molecule has 0 aromatic heterocycles. The third-order valence-electron chi connectivity index (χ3n) is 4.26. The van der Waals surface area contributed by atoms with Crippen LogP contribution < -0.4 is 20.1 Å². The predicted molar refractivity (Wildman–Crippen MR) is 113 cm³/mol. The van der Waals surface area contributed by atoms with Gasteiger partial charge in [0.2, 0.25) is 5.91 Å². The highest BCUT2D eigenvalue weighted by Gasteiger charge is 2.29. The van der Waals surface area contributed by atoms with Crippen LogP contribution in [0.1, 0.15) is 6.42 Å². The molecule has 1 atom stereocenters. The smallest absolute Gasteiger partial charge is 0.266 e. The van der Waals surface area contributed by atoms with Gasteiger partial charge in [0.1, 0.15) is 17.2 Å². The number of benzene rings is 3. The van der Waals surface area contributed by atoms with Gasteiger partial charge >= 0.3 is 0 Å². The number of hydrogen-bond acceptors (Lipinski definition) is 4. The van der Waals surface area contributed by atoms with E-state index in [2.05, 4.69) is 26.6 Å². The highest BCUT2D eigenvalue weighted by Crippen LogP contribution is 2.30. The van der Waals surface area contributed by atoms with E-state index in [-0.39, 0.29) is 18.2 Å². The van der Waals surface area contributed by atoms with E-state index in [4.69, 9.17) is 9.47 Å². The first kappa shape index (κ1) is 19.0. The lowest BCUT2D eigenvalue weighted by molar-refractivity contribution is -0.128. The van der Waals surface area contributed by atoms with Crippen molar-refractivity contribution in [2.75, 3.05) is 10.6 Å². The van der Waals surface area contributed by atoms with Crippen LogP contribution in [0.15, 0.2) is 77.3 Å². The zero-order chi connectivity index (χ0) is 20.2. The molecule has 1 aliphatic heterocycles. The molecule has 0 unspecified atom stereocenters. The molecule has 3 aromatic carbocycles. The maximum Gasteiger partial charge on any atom is 0.266 e. The number of amides is 2. The molecule has 1 aliphatic rings. The number of para-hydroxylation sites is 2. The van der Waals surface area contributed by atoms with E-state index >= 15 is 0 Å². The molecular formula is C22H17BrN2O4. The summed E-state index contributed by atoms with van der Waals surface area (Å²) in [6.45, 7) is 0. The van der Waals surface area contributed by atoms with Gasteiger partial charge in [0, 0.05) is 10.2 Å². The summed E-state index contributed by atoms with van der Waals surface area (Å²) in [7, 11) is 0. The molecule has 4 rings (SSSR count). The van der Waals surface area contributed by atoms with Crippen molar-refractivity contribution in [3.63, 3.8) is 0 Å². The quantitative estimate of drug-likeness (QED) is 0.572. The highest BCUT2D eigenvalue weighted by molar-refractivity contribution is 9.10. The van der Waals surface area contributed by atoms with Gasteiger partial charge in [0.15, 0.2) is 6.10 Å². The third-order valence-corrected chi connectivity index (χ3v) is 4.79. The summed E-state index contributed by atoms with van der Waals surface area (Å²) in [5.74, 6) is 1.27. The maximum absolute atomic E-state index is 12.3. The van der Waals surface area contributed by atoms with Gasteiger partial charge in [0.25, 0.3) is 5.91 Å². The molecule has 146 valence electrons. The van der Waals surface area contributed by atoms with Crippen molar-refractivity contribution in [1.82, 2.24) is 0 Å². The standard InChI is InChI=1S/C22H17BrN2O4/c23-14-5-9-16(10-6-14)28-17-11-7-15(8-12-17)24-21(26)13-20-22(27)25-18-3-1-2-4-19(18)29-20/h1-12,20H,13H2,(H,24,26)(H,25,27)/t20-/m0/s1. The second-order valence-electron chi connectivity index (χ2n) is 6.42. The Bertz CT molecular complexity index is 1040. The fourth-order valence-electron chi connectivity index (χ4n) is 2.85. The summed E-state index contributed by atoms with van der Waals surface area (Å²) in [6.07, 6.45) is -0.956. The van der Waals surface area contributed by atoms with Crippen molar-refractivity contribution >= 4 is 39.1 Å². The zero-order valence-electron chi connectivity index (χ0n) is 15.2. The Hall–Kier alpha value is -3.32. The molecule has 2 N–H and O–H groups in total. The Balaban J connectivity index is 1.34. The first-order valence-corrected chi connectivity index (χ1v) is 9.76. The second-order valence-corrected chi connectivity index (χ2v) is 7.34. The summed E-state index contributed by atoms with van der Waals surface area (Å²) in [6, 6.07) is 21.6. The molecule has 3 aromatic rings. The van der Waals surface area contributed by atoms with E-state index in [0.717, 1.165) is 4.47 Å². The van der Waals surface area contributed by atoms with Crippen LogP contribution in [0.25, 0.3) is 0 Å². The van der Waals surface area contributed by atoms with Gasteiger partial charge < -0.3 is 20.1 Å². The SMILES string of the molecule is O=C(C[C@@H]1Oc2ccccc2NC1=O)Nc1ccc(Oc2ccc(Br)cc2)cc1. The van der Waals surface area contributed by atoms with Gasteiger partial charge in [-0.25, -0.2) is 0 Å². The normalized spacial score (nSPS) is 14.9. The molecule has 0 spiro atoms. The van der Waals surface area contributed by atoms with Crippen LogP contribution >= 0.6 is 15.9 Å². The van der Waals surface area contributed by atoms with Crippen LogP contribution in [-0.4, -0.2) is 17.9 Å². The van der Waals surface area contributed by atoms with Crippen LogP contribution in [0, 0.1) is 0 Å². The molecule has 29 heavy (non-hydrogen) atoms. The van der Waals surface area contributed by atoms with Gasteiger partial charge in [-0.2, -0.15) is 0 Å². The fraction of sp³-hybridized carbons (Fsp3) is 0.0909. The van der Waals surface area contributed by atoms with Crippen molar-refractivity contribution in [3.05, 3.63) is 77.3 Å². The maximum atomic E-state index is 12.3. The van der Waals surface area contributed by atoms with Crippen molar-refractivity contribution in [1.29, 1.82) is 0 Å². The summed E-state index contributed by atoms with van der Waals surface area (Å²) in [4.78, 5) is 24.5. The monoisotopic (exact) mass is 452 g/mol. The average Bonchev–Trinajstić information content (AvgIpc) is 2.72. The largest absolute Gasteiger partial charge is 0.478 e. The van der Waals surface area contributed by atoms with Crippen molar-refractivity contribution in [3.8, 4) is 17.2 Å². The second kappa shape index (κ2) is 8.36. The number of carbonyl (C=O) groups is 2. The van der Waals surface area contributed by atoms with Crippen molar-refractivity contribution < 1.29 is 19.1 Å². The summed E-state index contributed by atoms with van der Waals surface area (Å²) in [5, 5.41) is 5.52. The fourth-order valence-corrected chi connectivity index (χ4v) is 3.12. The van der Waals surface area contributed by atoms with E-state index in [9.17, 15) is 9.59 Å². The van der Waals surface area contributed by atoms with Crippen LogP contribution in [0.2, 0.25) is 0 Å². The van der Waals surface area contributed by atoms with Gasteiger partial charge in [-0.15, -0.1) is 0 Å². The minimum atomic E-state index is -0.870. The first-order valence-electron chi connectivity index (χ1n) is 8.97. The highest BCUT2D eigenvalue weighted by atomic mass is 79.9. The summed E-state index contributed by atoms with van der Waals surface area (Å²) in [5.41, 5.74) is 1.21. The molecule has 0 radical (unpaired) electrons. The summed E-state index contributed by atoms with van der Waals surface area (Å²) >= 11 is 3.38. The lowest BCUT2D eigenvalue weighted by Gasteiger charge is -2.25. The Morgan fingerprint density at radius 3 is 2.38 bits per heavy atom. The summed E-state index contributed by atoms with van der Waals surface area (Å²) < 4.78 is 12.4. The first-order chi connectivity index (χ1) is 14.1. The molecule has 6 nitrogen and oxygen atoms in total. The van der Waals surface area contributed by atoms with Gasteiger partial charge in [-0.1, -0.05) is 28.1 Å². The molecular weight excluding hydrogens is 436 g/mol. The van der Waals surface area contributed by atoms with Crippen LogP contribution in [0.5, 0.6) is 17.2 Å². The van der Waals surface area contributed by atoms with E-state index in [0.29, 0.717) is 28.6 Å². The van der Waals surface area contributed by atoms with E-state index in [1.54, 1.807) is 42.5 Å². The van der Waals surface area contributed by atoms with Crippen LogP contribution in [0.4, 0.5) is 11.4 Å². The number of nitrogens with one attached hydrogen (secondary N) is 2. The minimum absolute atomic E-state index is 0.0860. The Labute approximate surface area is 176 Å². The number of halogens is 1. The number of rotatable bonds is 5. The Morgan fingerprint density at radius 1 is 1.00 bits per heavy atom. The minimum Gasteiger partial charge on any atom is -0.478 e. The van der Waals surface area contributed by atoms with Crippen LogP contribution in [-0.2, 0) is 9.59 Å². The van der Waals surface area contributed by atoms with E-state index in [1.165, 1.54) is 0 Å².